The lowest BCUT2D eigenvalue weighted by Gasteiger charge is -2.23. The number of allylic oxidation sites excluding steroid dienone is 3. The Bertz CT molecular complexity index is 707. The Morgan fingerprint density at radius 1 is 0.893 bits per heavy atom. The van der Waals surface area contributed by atoms with E-state index in [0.717, 1.165) is 20.3 Å². The summed E-state index contributed by atoms with van der Waals surface area (Å²) in [5.41, 5.74) is -1.94. The molecule has 0 saturated heterocycles. The summed E-state index contributed by atoms with van der Waals surface area (Å²) in [6, 6.07) is 0. The van der Waals surface area contributed by atoms with Crippen molar-refractivity contribution in [3.63, 3.8) is 0 Å². The van der Waals surface area contributed by atoms with E-state index in [1.54, 1.807) is 13.8 Å². The molecule has 0 heterocycles. The first-order valence-corrected chi connectivity index (χ1v) is 8.64. The number of ketones is 1. The van der Waals surface area contributed by atoms with Crippen LogP contribution in [0.15, 0.2) is 22.8 Å². The van der Waals surface area contributed by atoms with Gasteiger partial charge in [0, 0.05) is 6.42 Å². The molecule has 0 amide bonds. The maximum absolute atomic E-state index is 12.3. The van der Waals surface area contributed by atoms with Crippen LogP contribution in [0.4, 0.5) is 0 Å². The highest BCUT2D eigenvalue weighted by molar-refractivity contribution is 6.15. The molecule has 1 aliphatic carbocycles. The minimum atomic E-state index is -1.77. The molecule has 0 saturated carbocycles. The fraction of sp³-hybridized carbons (Fsp3) is 0.526. The predicted octanol–water partition coefficient (Wildman–Crippen LogP) is 1.05. The van der Waals surface area contributed by atoms with Crippen molar-refractivity contribution in [3.05, 3.63) is 22.8 Å². The van der Waals surface area contributed by atoms with Gasteiger partial charge in [-0.1, -0.05) is 0 Å². The molecule has 0 spiro atoms. The summed E-state index contributed by atoms with van der Waals surface area (Å²) in [4.78, 5) is 61.2. The molecule has 0 radical (unpaired) electrons. The average Bonchev–Trinajstić information content (AvgIpc) is 3.06. The van der Waals surface area contributed by atoms with E-state index in [4.69, 9.17) is 18.9 Å². The van der Waals surface area contributed by atoms with Gasteiger partial charge in [0.1, 0.15) is 5.57 Å². The number of carbonyl (C=O) groups excluding carboxylic acids is 5. The second kappa shape index (κ2) is 9.82. The number of rotatable bonds is 8. The van der Waals surface area contributed by atoms with E-state index in [-0.39, 0.29) is 37.2 Å². The zero-order valence-electron chi connectivity index (χ0n) is 16.6. The number of carbonyl (C=O) groups is 5. The molecule has 0 unspecified atom stereocenters. The molecular weight excluding hydrogens is 372 g/mol. The summed E-state index contributed by atoms with van der Waals surface area (Å²) >= 11 is 0. The zero-order valence-corrected chi connectivity index (χ0v) is 16.6. The van der Waals surface area contributed by atoms with Crippen molar-refractivity contribution >= 4 is 29.7 Å². The normalized spacial score (nSPS) is 14.8. The Labute approximate surface area is 162 Å². The van der Waals surface area contributed by atoms with E-state index >= 15 is 0 Å². The van der Waals surface area contributed by atoms with Gasteiger partial charge >= 0.3 is 23.9 Å². The zero-order chi connectivity index (χ0) is 21.5. The molecule has 0 fully saturated rings. The fourth-order valence-corrected chi connectivity index (χ4v) is 2.95. The Morgan fingerprint density at radius 2 is 1.36 bits per heavy atom. The molecular formula is C19H24O9. The molecule has 0 aromatic heterocycles. The number of hydrogen-bond acceptors (Lipinski definition) is 9. The average molecular weight is 396 g/mol. The first kappa shape index (κ1) is 23.1. The number of Topliss-reactive ketones (excluding diaryl/α,β-unsaturated/α-hetero) is 1. The smallest absolute Gasteiger partial charge is 0.345 e. The number of ether oxygens (including phenoxy) is 4. The van der Waals surface area contributed by atoms with Crippen molar-refractivity contribution in [2.24, 2.45) is 5.41 Å². The van der Waals surface area contributed by atoms with Gasteiger partial charge in [-0.05, 0) is 44.4 Å². The summed E-state index contributed by atoms with van der Waals surface area (Å²) in [6.07, 6.45) is 0.580. The lowest BCUT2D eigenvalue weighted by Crippen LogP contribution is -2.39. The highest BCUT2D eigenvalue weighted by Crippen LogP contribution is 2.45. The van der Waals surface area contributed by atoms with Crippen LogP contribution in [0.25, 0.3) is 0 Å². The minimum Gasteiger partial charge on any atom is -0.468 e. The van der Waals surface area contributed by atoms with Gasteiger partial charge < -0.3 is 18.9 Å². The highest BCUT2D eigenvalue weighted by Gasteiger charge is 2.54. The Balaban J connectivity index is 3.52. The molecule has 0 aromatic rings. The first-order chi connectivity index (χ1) is 13.2. The molecule has 0 aliphatic heterocycles. The standard InChI is InChI=1S/C19H24O9/c1-6-27-15(21)13(16(22)28-7-2)8-12-9-19(17(23)25-4,18(24)26-5)10-14(12)11(3)20/h8H,6-7,9-10H2,1-5H3. The Morgan fingerprint density at radius 3 is 1.71 bits per heavy atom. The van der Waals surface area contributed by atoms with E-state index < -0.39 is 40.6 Å². The number of methoxy groups -OCH3 is 2. The van der Waals surface area contributed by atoms with Gasteiger partial charge in [-0.3, -0.25) is 14.4 Å². The number of esters is 4. The molecule has 1 aliphatic rings. The topological polar surface area (TPSA) is 122 Å². The van der Waals surface area contributed by atoms with Crippen LogP contribution in [0.3, 0.4) is 0 Å². The third kappa shape index (κ3) is 4.65. The molecule has 0 aromatic carbocycles. The van der Waals surface area contributed by atoms with Crippen molar-refractivity contribution in [3.8, 4) is 0 Å². The summed E-state index contributed by atoms with van der Waals surface area (Å²) in [5, 5.41) is 0. The summed E-state index contributed by atoms with van der Waals surface area (Å²) < 4.78 is 19.2. The van der Waals surface area contributed by atoms with Gasteiger partial charge in [0.15, 0.2) is 11.2 Å². The third-order valence-corrected chi connectivity index (χ3v) is 4.24. The van der Waals surface area contributed by atoms with Crippen LogP contribution in [0, 0.1) is 5.41 Å². The van der Waals surface area contributed by atoms with Crippen LogP contribution in [0.2, 0.25) is 0 Å². The first-order valence-electron chi connectivity index (χ1n) is 8.64. The van der Waals surface area contributed by atoms with Crippen LogP contribution in [-0.4, -0.2) is 57.1 Å². The molecule has 0 bridgehead atoms. The largest absolute Gasteiger partial charge is 0.468 e. The van der Waals surface area contributed by atoms with E-state index in [0.29, 0.717) is 0 Å². The van der Waals surface area contributed by atoms with Gasteiger partial charge in [0.25, 0.3) is 0 Å². The molecule has 154 valence electrons. The van der Waals surface area contributed by atoms with Crippen LogP contribution < -0.4 is 0 Å². The van der Waals surface area contributed by atoms with Gasteiger partial charge in [-0.15, -0.1) is 0 Å². The van der Waals surface area contributed by atoms with E-state index in [1.165, 1.54) is 6.92 Å². The van der Waals surface area contributed by atoms with E-state index in [9.17, 15) is 24.0 Å². The van der Waals surface area contributed by atoms with Crippen molar-refractivity contribution in [1.29, 1.82) is 0 Å². The fourth-order valence-electron chi connectivity index (χ4n) is 2.95. The third-order valence-electron chi connectivity index (χ3n) is 4.24. The van der Waals surface area contributed by atoms with Crippen molar-refractivity contribution in [2.45, 2.75) is 33.6 Å². The second-order valence-corrected chi connectivity index (χ2v) is 5.98. The van der Waals surface area contributed by atoms with Crippen LogP contribution in [0.1, 0.15) is 33.6 Å². The molecule has 28 heavy (non-hydrogen) atoms. The molecule has 0 N–H and O–H groups in total. The second-order valence-electron chi connectivity index (χ2n) is 5.98. The van der Waals surface area contributed by atoms with Crippen LogP contribution in [0.5, 0.6) is 0 Å². The highest BCUT2D eigenvalue weighted by atomic mass is 16.6. The Kier molecular flexibility index (Phi) is 8.09. The van der Waals surface area contributed by atoms with E-state index in [1.807, 2.05) is 0 Å². The minimum absolute atomic E-state index is 0.0163. The molecule has 9 nitrogen and oxygen atoms in total. The van der Waals surface area contributed by atoms with Crippen LogP contribution >= 0.6 is 0 Å². The summed E-state index contributed by atoms with van der Waals surface area (Å²) in [7, 11) is 2.22. The van der Waals surface area contributed by atoms with Gasteiger partial charge in [0.2, 0.25) is 0 Å². The lowest BCUT2D eigenvalue weighted by molar-refractivity contribution is -0.168. The van der Waals surface area contributed by atoms with Crippen molar-refractivity contribution in [1.82, 2.24) is 0 Å². The monoisotopic (exact) mass is 396 g/mol. The quantitative estimate of drug-likeness (QED) is 0.195. The molecule has 9 heteroatoms. The maximum Gasteiger partial charge on any atom is 0.345 e. The number of hydrogen-bond donors (Lipinski definition) is 0. The van der Waals surface area contributed by atoms with Gasteiger partial charge in [0.05, 0.1) is 27.4 Å². The summed E-state index contributed by atoms with van der Waals surface area (Å²) in [5.74, 6) is -4.06. The van der Waals surface area contributed by atoms with Gasteiger partial charge in [-0.25, -0.2) is 9.59 Å². The lowest BCUT2D eigenvalue weighted by atomic mass is 9.83. The molecule has 1 rings (SSSR count). The van der Waals surface area contributed by atoms with E-state index in [2.05, 4.69) is 0 Å². The SMILES string of the molecule is CCOC(=O)C(=CC1=C(C(C)=O)CC(C(=O)OC)(C(=O)OC)C1)C(=O)OCC. The summed E-state index contributed by atoms with van der Waals surface area (Å²) in [6.45, 7) is 4.42. The Hall–Kier alpha value is -2.97. The predicted molar refractivity (Wildman–Crippen MR) is 94.8 cm³/mol. The maximum atomic E-state index is 12.3. The van der Waals surface area contributed by atoms with Crippen molar-refractivity contribution < 1.29 is 42.9 Å². The van der Waals surface area contributed by atoms with Gasteiger partial charge in [-0.2, -0.15) is 0 Å². The van der Waals surface area contributed by atoms with Crippen LogP contribution in [-0.2, 0) is 42.9 Å². The van der Waals surface area contributed by atoms with Crippen molar-refractivity contribution in [2.75, 3.05) is 27.4 Å². The molecule has 0 atom stereocenters.